The molecule has 1 saturated carbocycles. The van der Waals surface area contributed by atoms with E-state index in [0.29, 0.717) is 18.7 Å². The molecule has 2 fully saturated rings. The molecule has 94 valence electrons. The highest BCUT2D eigenvalue weighted by Crippen LogP contribution is 2.39. The molecular weight excluding hydrogens is 236 g/mol. The molecule has 5 nitrogen and oxygen atoms in total. The number of thioether (sulfide) groups is 1. The van der Waals surface area contributed by atoms with E-state index < -0.39 is 0 Å². The largest absolute Gasteiger partial charge is 0.377 e. The molecule has 1 aromatic rings. The van der Waals surface area contributed by atoms with Crippen molar-refractivity contribution in [2.45, 2.75) is 49.5 Å². The zero-order chi connectivity index (χ0) is 11.7. The van der Waals surface area contributed by atoms with Crippen molar-refractivity contribution in [1.82, 2.24) is 14.8 Å². The van der Waals surface area contributed by atoms with Gasteiger partial charge in [0.25, 0.3) is 0 Å². The Morgan fingerprint density at radius 2 is 2.24 bits per heavy atom. The summed E-state index contributed by atoms with van der Waals surface area (Å²) in [6.45, 7) is 1.39. The Bertz CT molecular complexity index is 385. The van der Waals surface area contributed by atoms with Gasteiger partial charge in [-0.2, -0.15) is 0 Å². The summed E-state index contributed by atoms with van der Waals surface area (Å²) in [6, 6.07) is 0.593. The summed E-state index contributed by atoms with van der Waals surface area (Å²) < 4.78 is 7.84. The van der Waals surface area contributed by atoms with E-state index in [1.165, 1.54) is 25.7 Å². The number of rotatable bonds is 5. The smallest absolute Gasteiger partial charge is 0.191 e. The van der Waals surface area contributed by atoms with E-state index in [1.54, 1.807) is 11.8 Å². The first-order valence-electron chi connectivity index (χ1n) is 6.26. The fourth-order valence-electron chi connectivity index (χ4n) is 2.19. The fourth-order valence-corrected chi connectivity index (χ4v) is 3.28. The van der Waals surface area contributed by atoms with E-state index in [-0.39, 0.29) is 0 Å². The zero-order valence-corrected chi connectivity index (χ0v) is 10.7. The third-order valence-corrected chi connectivity index (χ3v) is 4.33. The number of nitrogens with two attached hydrogens (primary N) is 1. The number of nitrogens with zero attached hydrogens (tertiary/aromatic N) is 3. The van der Waals surface area contributed by atoms with Crippen LogP contribution in [0.15, 0.2) is 5.16 Å². The molecule has 2 aliphatic rings. The van der Waals surface area contributed by atoms with Gasteiger partial charge in [-0.3, -0.25) is 0 Å². The molecule has 0 radical (unpaired) electrons. The van der Waals surface area contributed by atoms with Gasteiger partial charge in [0.2, 0.25) is 0 Å². The van der Waals surface area contributed by atoms with Crippen LogP contribution in [0.1, 0.15) is 37.5 Å². The summed E-state index contributed by atoms with van der Waals surface area (Å²) in [7, 11) is 0. The van der Waals surface area contributed by atoms with E-state index >= 15 is 0 Å². The van der Waals surface area contributed by atoms with Gasteiger partial charge in [0.1, 0.15) is 5.82 Å². The Kier molecular flexibility index (Phi) is 3.35. The second-order valence-corrected chi connectivity index (χ2v) is 5.64. The van der Waals surface area contributed by atoms with Crippen LogP contribution in [0, 0.1) is 0 Å². The van der Waals surface area contributed by atoms with Gasteiger partial charge in [0.05, 0.1) is 12.6 Å². The molecule has 1 aliphatic heterocycles. The summed E-state index contributed by atoms with van der Waals surface area (Å²) in [6.07, 6.45) is 5.23. The molecule has 1 saturated heterocycles. The third kappa shape index (κ3) is 2.48. The Balaban J connectivity index is 1.66. The summed E-state index contributed by atoms with van der Waals surface area (Å²) in [5.74, 6) is 1.90. The zero-order valence-electron chi connectivity index (χ0n) is 9.84. The number of ether oxygens (including phenoxy) is 1. The maximum absolute atomic E-state index is 5.69. The second-order valence-electron chi connectivity index (χ2n) is 4.65. The molecule has 1 atom stereocenters. The first-order valence-corrected chi connectivity index (χ1v) is 7.25. The Hall–Kier alpha value is -0.590. The maximum Gasteiger partial charge on any atom is 0.191 e. The molecule has 0 aromatic carbocycles. The van der Waals surface area contributed by atoms with Crippen LogP contribution in [0.3, 0.4) is 0 Å². The highest BCUT2D eigenvalue weighted by molar-refractivity contribution is 7.99. The Labute approximate surface area is 105 Å². The van der Waals surface area contributed by atoms with Crippen molar-refractivity contribution >= 4 is 11.8 Å². The first-order chi connectivity index (χ1) is 8.38. The predicted molar refractivity (Wildman–Crippen MR) is 65.9 cm³/mol. The van der Waals surface area contributed by atoms with Crippen LogP contribution in [0.4, 0.5) is 0 Å². The average Bonchev–Trinajstić information content (AvgIpc) is 2.92. The van der Waals surface area contributed by atoms with Crippen molar-refractivity contribution in [3.05, 3.63) is 5.82 Å². The molecule has 17 heavy (non-hydrogen) atoms. The van der Waals surface area contributed by atoms with Gasteiger partial charge >= 0.3 is 0 Å². The van der Waals surface area contributed by atoms with Crippen LogP contribution in [0.2, 0.25) is 0 Å². The van der Waals surface area contributed by atoms with E-state index in [1.807, 2.05) is 0 Å². The molecule has 0 spiro atoms. The first kappa shape index (κ1) is 11.5. The number of hydrogen-bond acceptors (Lipinski definition) is 5. The van der Waals surface area contributed by atoms with Gasteiger partial charge < -0.3 is 15.0 Å². The SMILES string of the molecule is NCc1nnc(SCC2CCCO2)n1C1CC1. The number of hydrogen-bond donors (Lipinski definition) is 1. The predicted octanol–water partition coefficient (Wildman–Crippen LogP) is 1.34. The topological polar surface area (TPSA) is 66.0 Å². The lowest BCUT2D eigenvalue weighted by molar-refractivity contribution is 0.129. The van der Waals surface area contributed by atoms with Crippen molar-refractivity contribution in [3.63, 3.8) is 0 Å². The van der Waals surface area contributed by atoms with E-state index in [2.05, 4.69) is 14.8 Å². The van der Waals surface area contributed by atoms with Gasteiger partial charge in [0.15, 0.2) is 5.16 Å². The third-order valence-electron chi connectivity index (χ3n) is 3.25. The Morgan fingerprint density at radius 1 is 1.35 bits per heavy atom. The molecular formula is C11H18N4OS. The van der Waals surface area contributed by atoms with Crippen LogP contribution < -0.4 is 5.73 Å². The molecule has 2 N–H and O–H groups in total. The molecule has 6 heteroatoms. The standard InChI is InChI=1S/C11H18N4OS/c12-6-10-13-14-11(15(10)8-3-4-8)17-7-9-2-1-5-16-9/h8-9H,1-7,12H2. The molecule has 3 rings (SSSR count). The van der Waals surface area contributed by atoms with E-state index in [0.717, 1.165) is 23.3 Å². The fraction of sp³-hybridized carbons (Fsp3) is 0.818. The van der Waals surface area contributed by atoms with E-state index in [4.69, 9.17) is 10.5 Å². The molecule has 0 amide bonds. The minimum atomic E-state index is 0.394. The van der Waals surface area contributed by atoms with E-state index in [9.17, 15) is 0 Å². The minimum Gasteiger partial charge on any atom is -0.377 e. The minimum absolute atomic E-state index is 0.394. The lowest BCUT2D eigenvalue weighted by atomic mass is 10.3. The van der Waals surface area contributed by atoms with Crippen molar-refractivity contribution in [2.24, 2.45) is 5.73 Å². The highest BCUT2D eigenvalue weighted by atomic mass is 32.2. The summed E-state index contributed by atoms with van der Waals surface area (Å²) in [5, 5.41) is 9.43. The van der Waals surface area contributed by atoms with Gasteiger partial charge in [-0.25, -0.2) is 0 Å². The van der Waals surface area contributed by atoms with Crippen LogP contribution in [0.5, 0.6) is 0 Å². The lowest BCUT2D eigenvalue weighted by Gasteiger charge is -2.10. The van der Waals surface area contributed by atoms with Crippen molar-refractivity contribution in [2.75, 3.05) is 12.4 Å². The van der Waals surface area contributed by atoms with Crippen LogP contribution in [0.25, 0.3) is 0 Å². The van der Waals surface area contributed by atoms with Gasteiger partial charge in [-0.15, -0.1) is 10.2 Å². The summed E-state index contributed by atoms with van der Waals surface area (Å²) >= 11 is 1.76. The van der Waals surface area contributed by atoms with Crippen molar-refractivity contribution in [1.29, 1.82) is 0 Å². The van der Waals surface area contributed by atoms with Crippen molar-refractivity contribution in [3.8, 4) is 0 Å². The quantitative estimate of drug-likeness (QED) is 0.803. The normalized spacial score (nSPS) is 24.4. The summed E-state index contributed by atoms with van der Waals surface area (Å²) in [5.41, 5.74) is 5.69. The second kappa shape index (κ2) is 4.96. The molecule has 1 unspecified atom stereocenters. The van der Waals surface area contributed by atoms with Gasteiger partial charge in [0, 0.05) is 18.4 Å². The molecule has 2 heterocycles. The maximum atomic E-state index is 5.69. The number of aromatic nitrogens is 3. The van der Waals surface area contributed by atoms with Crippen LogP contribution >= 0.6 is 11.8 Å². The monoisotopic (exact) mass is 254 g/mol. The van der Waals surface area contributed by atoms with Crippen LogP contribution in [-0.2, 0) is 11.3 Å². The van der Waals surface area contributed by atoms with Gasteiger partial charge in [-0.1, -0.05) is 11.8 Å². The molecule has 1 aliphatic carbocycles. The summed E-state index contributed by atoms with van der Waals surface area (Å²) in [4.78, 5) is 0. The van der Waals surface area contributed by atoms with Gasteiger partial charge in [-0.05, 0) is 25.7 Å². The molecule has 1 aromatic heterocycles. The average molecular weight is 254 g/mol. The Morgan fingerprint density at radius 3 is 2.88 bits per heavy atom. The molecule has 0 bridgehead atoms. The van der Waals surface area contributed by atoms with Crippen molar-refractivity contribution < 1.29 is 4.74 Å². The van der Waals surface area contributed by atoms with Crippen LogP contribution in [-0.4, -0.2) is 33.2 Å². The lowest BCUT2D eigenvalue weighted by Crippen LogP contribution is -2.11. The highest BCUT2D eigenvalue weighted by Gasteiger charge is 2.29.